The quantitative estimate of drug-likeness (QED) is 0.731. The van der Waals surface area contributed by atoms with Crippen molar-refractivity contribution >= 4 is 0 Å². The molecule has 7 heteroatoms. The van der Waals surface area contributed by atoms with Gasteiger partial charge in [0.25, 0.3) is 0 Å². The van der Waals surface area contributed by atoms with Crippen LogP contribution in [0.5, 0.6) is 0 Å². The number of alkyl halides is 6. The summed E-state index contributed by atoms with van der Waals surface area (Å²) in [5, 5.41) is 0. The van der Waals surface area contributed by atoms with Crippen molar-refractivity contribution in [3.05, 3.63) is 34.9 Å². The summed E-state index contributed by atoms with van der Waals surface area (Å²) in [7, 11) is 1.04. The maximum atomic E-state index is 12.5. The first-order valence-electron chi connectivity index (χ1n) is 4.43. The Morgan fingerprint density at radius 3 is 1.65 bits per heavy atom. The lowest BCUT2D eigenvalue weighted by molar-refractivity contribution is -0.145. The molecule has 0 aliphatic heterocycles. The highest BCUT2D eigenvalue weighted by atomic mass is 19.4. The SMILES string of the molecule is COCc1c(C(F)(F)F)cccc1C(F)(F)F. The zero-order valence-corrected chi connectivity index (χ0v) is 8.62. The molecular formula is C10H8F6O. The first-order chi connectivity index (χ1) is 7.68. The minimum atomic E-state index is -4.84. The molecule has 1 aromatic rings. The molecule has 1 nitrogen and oxygen atoms in total. The largest absolute Gasteiger partial charge is 0.416 e. The zero-order chi connectivity index (χ0) is 13.3. The van der Waals surface area contributed by atoms with Crippen LogP contribution in [0.2, 0.25) is 0 Å². The molecule has 0 aliphatic carbocycles. The van der Waals surface area contributed by atoms with Gasteiger partial charge in [0.05, 0.1) is 17.7 Å². The molecule has 0 aromatic heterocycles. The van der Waals surface area contributed by atoms with E-state index in [0.29, 0.717) is 12.1 Å². The van der Waals surface area contributed by atoms with Crippen LogP contribution >= 0.6 is 0 Å². The number of benzene rings is 1. The van der Waals surface area contributed by atoms with E-state index in [1.807, 2.05) is 0 Å². The van der Waals surface area contributed by atoms with Crippen LogP contribution < -0.4 is 0 Å². The highest BCUT2D eigenvalue weighted by Crippen LogP contribution is 2.39. The Morgan fingerprint density at radius 2 is 1.35 bits per heavy atom. The van der Waals surface area contributed by atoms with Crippen molar-refractivity contribution in [2.45, 2.75) is 19.0 Å². The standard InChI is InChI=1S/C10H8F6O/c1-17-5-6-7(9(11,12)13)3-2-4-8(6)10(14,15)16/h2-4H,5H2,1H3. The molecule has 0 saturated carbocycles. The summed E-state index contributed by atoms with van der Waals surface area (Å²) in [4.78, 5) is 0. The molecule has 0 unspecified atom stereocenters. The molecule has 96 valence electrons. The van der Waals surface area contributed by atoms with E-state index in [2.05, 4.69) is 4.74 Å². The summed E-state index contributed by atoms with van der Waals surface area (Å²) in [5.41, 5.74) is -3.54. The van der Waals surface area contributed by atoms with Gasteiger partial charge in [0.2, 0.25) is 0 Å². The predicted octanol–water partition coefficient (Wildman–Crippen LogP) is 3.87. The first-order valence-corrected chi connectivity index (χ1v) is 4.43. The van der Waals surface area contributed by atoms with E-state index >= 15 is 0 Å². The normalized spacial score (nSPS) is 12.9. The summed E-state index contributed by atoms with van der Waals surface area (Å²) >= 11 is 0. The molecule has 0 atom stereocenters. The lowest BCUT2D eigenvalue weighted by atomic mass is 10.0. The van der Waals surface area contributed by atoms with Crippen molar-refractivity contribution in [3.63, 3.8) is 0 Å². The topological polar surface area (TPSA) is 9.23 Å². The van der Waals surface area contributed by atoms with Crippen molar-refractivity contribution in [2.75, 3.05) is 7.11 Å². The Bertz CT molecular complexity index is 361. The lowest BCUT2D eigenvalue weighted by Gasteiger charge is -2.17. The molecule has 0 fully saturated rings. The summed E-state index contributed by atoms with van der Waals surface area (Å²) in [5.74, 6) is 0. The molecule has 17 heavy (non-hydrogen) atoms. The monoisotopic (exact) mass is 258 g/mol. The number of hydrogen-bond acceptors (Lipinski definition) is 1. The van der Waals surface area contributed by atoms with Gasteiger partial charge >= 0.3 is 12.4 Å². The van der Waals surface area contributed by atoms with Crippen molar-refractivity contribution < 1.29 is 31.1 Å². The Hall–Kier alpha value is -1.24. The first kappa shape index (κ1) is 13.8. The van der Waals surface area contributed by atoms with Crippen molar-refractivity contribution in [1.82, 2.24) is 0 Å². The number of rotatable bonds is 2. The van der Waals surface area contributed by atoms with Crippen LogP contribution in [0.15, 0.2) is 18.2 Å². The molecule has 0 amide bonds. The maximum Gasteiger partial charge on any atom is 0.416 e. The third kappa shape index (κ3) is 3.12. The average Bonchev–Trinajstić information content (AvgIpc) is 2.15. The van der Waals surface area contributed by atoms with E-state index in [9.17, 15) is 26.3 Å². The fourth-order valence-corrected chi connectivity index (χ4v) is 1.42. The average molecular weight is 258 g/mol. The van der Waals surface area contributed by atoms with Gasteiger partial charge in [-0.1, -0.05) is 6.07 Å². The smallest absolute Gasteiger partial charge is 0.380 e. The van der Waals surface area contributed by atoms with Crippen LogP contribution in [0.4, 0.5) is 26.3 Å². The Balaban J connectivity index is 3.43. The van der Waals surface area contributed by atoms with Gasteiger partial charge in [0.15, 0.2) is 0 Å². The molecular weight excluding hydrogens is 250 g/mol. The van der Waals surface area contributed by atoms with E-state index in [0.717, 1.165) is 13.2 Å². The number of ether oxygens (including phenoxy) is 1. The van der Waals surface area contributed by atoms with Gasteiger partial charge in [-0.2, -0.15) is 26.3 Å². The van der Waals surface area contributed by atoms with Crippen LogP contribution in [0.25, 0.3) is 0 Å². The highest BCUT2D eigenvalue weighted by Gasteiger charge is 2.40. The highest BCUT2D eigenvalue weighted by molar-refractivity contribution is 5.38. The minimum Gasteiger partial charge on any atom is -0.380 e. The van der Waals surface area contributed by atoms with E-state index < -0.39 is 35.6 Å². The lowest BCUT2D eigenvalue weighted by Crippen LogP contribution is -2.16. The fraction of sp³-hybridized carbons (Fsp3) is 0.400. The van der Waals surface area contributed by atoms with Gasteiger partial charge in [0.1, 0.15) is 0 Å². The molecule has 1 aromatic carbocycles. The number of halogens is 6. The number of hydrogen-bond donors (Lipinski definition) is 0. The van der Waals surface area contributed by atoms with Crippen LogP contribution in [0.3, 0.4) is 0 Å². The third-order valence-corrected chi connectivity index (χ3v) is 2.08. The van der Waals surface area contributed by atoms with E-state index in [4.69, 9.17) is 0 Å². The van der Waals surface area contributed by atoms with E-state index in [-0.39, 0.29) is 0 Å². The molecule has 0 spiro atoms. The Labute approximate surface area is 93.0 Å². The van der Waals surface area contributed by atoms with Crippen molar-refractivity contribution in [1.29, 1.82) is 0 Å². The second-order valence-electron chi connectivity index (χ2n) is 3.26. The molecule has 1 rings (SSSR count). The summed E-state index contributed by atoms with van der Waals surface area (Å²) in [6, 6.07) is 1.93. The van der Waals surface area contributed by atoms with Crippen LogP contribution in [-0.2, 0) is 23.7 Å². The van der Waals surface area contributed by atoms with Gasteiger partial charge in [0, 0.05) is 12.7 Å². The molecule has 0 aliphatic rings. The van der Waals surface area contributed by atoms with Crippen LogP contribution in [0, 0.1) is 0 Å². The predicted molar refractivity (Wildman–Crippen MR) is 47.2 cm³/mol. The Kier molecular flexibility index (Phi) is 3.71. The molecule has 0 bridgehead atoms. The molecule has 0 N–H and O–H groups in total. The van der Waals surface area contributed by atoms with Crippen LogP contribution in [0.1, 0.15) is 16.7 Å². The number of methoxy groups -OCH3 is 1. The van der Waals surface area contributed by atoms with E-state index in [1.165, 1.54) is 0 Å². The second kappa shape index (κ2) is 4.56. The molecule has 0 radical (unpaired) electrons. The summed E-state index contributed by atoms with van der Waals surface area (Å²) < 4.78 is 79.5. The molecule has 0 heterocycles. The summed E-state index contributed by atoms with van der Waals surface area (Å²) in [6.45, 7) is -0.746. The Morgan fingerprint density at radius 1 is 0.941 bits per heavy atom. The van der Waals surface area contributed by atoms with E-state index in [1.54, 1.807) is 0 Å². The fourth-order valence-electron chi connectivity index (χ4n) is 1.42. The second-order valence-corrected chi connectivity index (χ2v) is 3.26. The maximum absolute atomic E-state index is 12.5. The molecule has 0 saturated heterocycles. The summed E-state index contributed by atoms with van der Waals surface area (Å²) in [6.07, 6.45) is -9.68. The third-order valence-electron chi connectivity index (χ3n) is 2.08. The zero-order valence-electron chi connectivity index (χ0n) is 8.62. The van der Waals surface area contributed by atoms with Crippen molar-refractivity contribution in [3.8, 4) is 0 Å². The van der Waals surface area contributed by atoms with Gasteiger partial charge in [-0.05, 0) is 12.1 Å². The van der Waals surface area contributed by atoms with Gasteiger partial charge in [-0.3, -0.25) is 0 Å². The van der Waals surface area contributed by atoms with Gasteiger partial charge in [-0.25, -0.2) is 0 Å². The van der Waals surface area contributed by atoms with Gasteiger partial charge < -0.3 is 4.74 Å². The van der Waals surface area contributed by atoms with Crippen LogP contribution in [-0.4, -0.2) is 7.11 Å². The van der Waals surface area contributed by atoms with Crippen molar-refractivity contribution in [2.24, 2.45) is 0 Å². The van der Waals surface area contributed by atoms with Gasteiger partial charge in [-0.15, -0.1) is 0 Å². The minimum absolute atomic E-state index is 0.601.